The zero-order chi connectivity index (χ0) is 24.0. The molecule has 0 bridgehead atoms. The van der Waals surface area contributed by atoms with E-state index < -0.39 is 0 Å². The molecule has 4 aromatic rings. The summed E-state index contributed by atoms with van der Waals surface area (Å²) in [6, 6.07) is 21.5. The summed E-state index contributed by atoms with van der Waals surface area (Å²) in [5.41, 5.74) is 3.75. The minimum Gasteiger partial charge on any atom is -0.493 e. The number of methoxy groups -OCH3 is 1. The van der Waals surface area contributed by atoms with Gasteiger partial charge in [-0.2, -0.15) is 0 Å². The number of benzene rings is 2. The van der Waals surface area contributed by atoms with Gasteiger partial charge < -0.3 is 14.4 Å². The molecular weight excluding hydrogens is 438 g/mol. The monoisotopic (exact) mass is 467 g/mol. The van der Waals surface area contributed by atoms with Crippen LogP contribution in [-0.2, 0) is 13.0 Å². The van der Waals surface area contributed by atoms with Gasteiger partial charge >= 0.3 is 0 Å². The van der Waals surface area contributed by atoms with Gasteiger partial charge in [0.2, 0.25) is 0 Å². The molecule has 1 atom stereocenters. The van der Waals surface area contributed by atoms with Gasteiger partial charge in [0, 0.05) is 36.4 Å². The number of hydrogen-bond donors (Lipinski definition) is 0. The van der Waals surface area contributed by atoms with E-state index in [9.17, 15) is 4.79 Å². The Morgan fingerprint density at radius 2 is 1.89 bits per heavy atom. The summed E-state index contributed by atoms with van der Waals surface area (Å²) in [6.45, 7) is 1.84. The number of aromatic nitrogens is 2. The number of pyridine rings is 2. The molecule has 0 unspecified atom stereocenters. The predicted molar refractivity (Wildman–Crippen MR) is 136 cm³/mol. The number of carbonyl (C=O) groups excluding carboxylic acids is 1. The van der Waals surface area contributed by atoms with Gasteiger partial charge in [0.15, 0.2) is 11.5 Å². The average molecular weight is 468 g/mol. The molecule has 6 nitrogen and oxygen atoms in total. The molecular formula is C29H29N3O3. The van der Waals surface area contributed by atoms with Crippen LogP contribution < -0.4 is 9.47 Å². The largest absolute Gasteiger partial charge is 0.493 e. The molecule has 35 heavy (non-hydrogen) atoms. The lowest BCUT2D eigenvalue weighted by Gasteiger charge is -2.33. The van der Waals surface area contributed by atoms with E-state index in [-0.39, 0.29) is 5.91 Å². The third-order valence-electron chi connectivity index (χ3n) is 6.54. The Labute approximate surface area is 205 Å². The quantitative estimate of drug-likeness (QED) is 0.368. The summed E-state index contributed by atoms with van der Waals surface area (Å²) in [5, 5.41) is 1.16. The number of piperidine rings is 1. The van der Waals surface area contributed by atoms with Crippen LogP contribution in [0, 0.1) is 5.92 Å². The molecule has 1 fully saturated rings. The first-order valence-electron chi connectivity index (χ1n) is 12.0. The fourth-order valence-electron chi connectivity index (χ4n) is 4.80. The van der Waals surface area contributed by atoms with Crippen molar-refractivity contribution in [1.29, 1.82) is 0 Å². The molecule has 6 heteroatoms. The molecule has 1 saturated heterocycles. The van der Waals surface area contributed by atoms with Crippen molar-refractivity contribution in [1.82, 2.24) is 14.9 Å². The average Bonchev–Trinajstić information content (AvgIpc) is 2.92. The number of likely N-dealkylation sites (tertiary alicyclic amines) is 1. The van der Waals surface area contributed by atoms with Gasteiger partial charge in [-0.25, -0.2) is 0 Å². The highest BCUT2D eigenvalue weighted by atomic mass is 16.5. The third kappa shape index (κ3) is 5.27. The zero-order valence-corrected chi connectivity index (χ0v) is 19.9. The van der Waals surface area contributed by atoms with Crippen LogP contribution in [0.25, 0.3) is 10.9 Å². The number of fused-ring (bicyclic) bond motifs is 1. The summed E-state index contributed by atoms with van der Waals surface area (Å²) in [4.78, 5) is 24.2. The van der Waals surface area contributed by atoms with E-state index >= 15 is 0 Å². The highest BCUT2D eigenvalue weighted by Gasteiger charge is 2.26. The minimum atomic E-state index is 0.0281. The van der Waals surface area contributed by atoms with Gasteiger partial charge in [0.25, 0.3) is 5.91 Å². The van der Waals surface area contributed by atoms with Crippen molar-refractivity contribution in [3.8, 4) is 11.5 Å². The van der Waals surface area contributed by atoms with Gasteiger partial charge in [0.05, 0.1) is 18.3 Å². The lowest BCUT2D eigenvalue weighted by atomic mass is 9.90. The molecule has 178 valence electrons. The first-order valence-corrected chi connectivity index (χ1v) is 12.0. The SMILES string of the molecule is COc1cc(C(=O)N2CCC[C@H](Cc3cccc4cccnc34)C2)ccc1OCc1ccccn1. The number of nitrogens with zero attached hydrogens (tertiary/aromatic N) is 3. The summed E-state index contributed by atoms with van der Waals surface area (Å²) >= 11 is 0. The lowest BCUT2D eigenvalue weighted by Crippen LogP contribution is -2.40. The lowest BCUT2D eigenvalue weighted by molar-refractivity contribution is 0.0673. The van der Waals surface area contributed by atoms with Crippen LogP contribution in [0.4, 0.5) is 0 Å². The molecule has 1 amide bonds. The topological polar surface area (TPSA) is 64.5 Å². The second-order valence-corrected chi connectivity index (χ2v) is 8.93. The first kappa shape index (κ1) is 22.8. The van der Waals surface area contributed by atoms with Crippen molar-refractivity contribution in [2.75, 3.05) is 20.2 Å². The van der Waals surface area contributed by atoms with Gasteiger partial charge in [-0.3, -0.25) is 14.8 Å². The summed E-state index contributed by atoms with van der Waals surface area (Å²) in [6.07, 6.45) is 6.61. The van der Waals surface area contributed by atoms with Gasteiger partial charge in [-0.15, -0.1) is 0 Å². The Kier molecular flexibility index (Phi) is 6.89. The van der Waals surface area contributed by atoms with E-state index in [0.717, 1.165) is 48.9 Å². The molecule has 5 rings (SSSR count). The molecule has 0 spiro atoms. The Bertz CT molecular complexity index is 1300. The molecule has 1 aliphatic rings. The van der Waals surface area contributed by atoms with E-state index in [2.05, 4.69) is 34.2 Å². The normalized spacial score (nSPS) is 15.7. The minimum absolute atomic E-state index is 0.0281. The van der Waals surface area contributed by atoms with E-state index in [1.165, 1.54) is 5.56 Å². The number of hydrogen-bond acceptors (Lipinski definition) is 5. The maximum atomic E-state index is 13.4. The molecule has 2 aromatic carbocycles. The Morgan fingerprint density at radius 3 is 2.74 bits per heavy atom. The van der Waals surface area contributed by atoms with Gasteiger partial charge in [0.1, 0.15) is 6.61 Å². The maximum Gasteiger partial charge on any atom is 0.254 e. The molecule has 1 aliphatic heterocycles. The standard InChI is InChI=1S/C29H29N3O3/c1-34-27-18-24(12-13-26(27)35-20-25-11-2-3-14-30-25)29(33)32-16-6-7-21(19-32)17-23-9-4-8-22-10-5-15-31-28(22)23/h2-5,8-15,18,21H,6-7,16-17,19-20H2,1H3/t21-/m1/s1. The molecule has 0 N–H and O–H groups in total. The van der Waals surface area contributed by atoms with Crippen LogP contribution >= 0.6 is 0 Å². The van der Waals surface area contributed by atoms with Crippen molar-refractivity contribution >= 4 is 16.8 Å². The van der Waals surface area contributed by atoms with Crippen molar-refractivity contribution in [3.05, 3.63) is 95.9 Å². The zero-order valence-electron chi connectivity index (χ0n) is 19.9. The molecule has 0 saturated carbocycles. The van der Waals surface area contributed by atoms with Gasteiger partial charge in [-0.05, 0) is 67.1 Å². The van der Waals surface area contributed by atoms with Crippen molar-refractivity contribution in [2.45, 2.75) is 25.9 Å². The second kappa shape index (κ2) is 10.6. The Hall–Kier alpha value is -3.93. The molecule has 0 radical (unpaired) electrons. The number of para-hydroxylation sites is 1. The van der Waals surface area contributed by atoms with E-state index in [1.807, 2.05) is 41.4 Å². The van der Waals surface area contributed by atoms with Crippen molar-refractivity contribution in [2.24, 2.45) is 5.92 Å². The van der Waals surface area contributed by atoms with E-state index in [4.69, 9.17) is 9.47 Å². The summed E-state index contributed by atoms with van der Waals surface area (Å²) in [7, 11) is 1.59. The smallest absolute Gasteiger partial charge is 0.254 e. The second-order valence-electron chi connectivity index (χ2n) is 8.93. The Morgan fingerprint density at radius 1 is 1.00 bits per heavy atom. The number of ether oxygens (including phenoxy) is 2. The molecule has 3 heterocycles. The van der Waals surface area contributed by atoms with Crippen molar-refractivity contribution < 1.29 is 14.3 Å². The fraction of sp³-hybridized carbons (Fsp3) is 0.276. The van der Waals surface area contributed by atoms with Crippen LogP contribution in [0.1, 0.15) is 34.5 Å². The van der Waals surface area contributed by atoms with Crippen LogP contribution in [-0.4, -0.2) is 41.0 Å². The number of carbonyl (C=O) groups is 1. The maximum absolute atomic E-state index is 13.4. The summed E-state index contributed by atoms with van der Waals surface area (Å²) in [5.74, 6) is 1.57. The van der Waals surface area contributed by atoms with Crippen LogP contribution in [0.2, 0.25) is 0 Å². The van der Waals surface area contributed by atoms with Crippen LogP contribution in [0.3, 0.4) is 0 Å². The third-order valence-corrected chi connectivity index (χ3v) is 6.54. The predicted octanol–water partition coefficient (Wildman–Crippen LogP) is 5.31. The summed E-state index contributed by atoms with van der Waals surface area (Å²) < 4.78 is 11.4. The fourth-order valence-corrected chi connectivity index (χ4v) is 4.80. The first-order chi connectivity index (χ1) is 17.2. The van der Waals surface area contributed by atoms with Crippen LogP contribution in [0.5, 0.6) is 11.5 Å². The van der Waals surface area contributed by atoms with Crippen LogP contribution in [0.15, 0.2) is 79.1 Å². The molecule has 2 aromatic heterocycles. The number of amides is 1. The van der Waals surface area contributed by atoms with Gasteiger partial charge in [-0.1, -0.05) is 30.3 Å². The number of rotatable bonds is 7. The Balaban J connectivity index is 1.27. The van der Waals surface area contributed by atoms with E-state index in [1.54, 1.807) is 25.4 Å². The van der Waals surface area contributed by atoms with E-state index in [0.29, 0.717) is 29.6 Å². The molecule has 0 aliphatic carbocycles. The highest BCUT2D eigenvalue weighted by Crippen LogP contribution is 2.31. The highest BCUT2D eigenvalue weighted by molar-refractivity contribution is 5.95. The van der Waals surface area contributed by atoms with Crippen molar-refractivity contribution in [3.63, 3.8) is 0 Å².